The average molecular weight is 285 g/mol. The van der Waals surface area contributed by atoms with Gasteiger partial charge in [0.15, 0.2) is 11.5 Å². The van der Waals surface area contributed by atoms with Crippen LogP contribution >= 0.6 is 11.6 Å². The van der Waals surface area contributed by atoms with Crippen molar-refractivity contribution in [3.05, 3.63) is 22.7 Å². The van der Waals surface area contributed by atoms with Gasteiger partial charge in [-0.05, 0) is 32.5 Å². The molecule has 1 aromatic rings. The van der Waals surface area contributed by atoms with E-state index in [1.807, 2.05) is 0 Å². The summed E-state index contributed by atoms with van der Waals surface area (Å²) in [5.41, 5.74) is 0.769. The zero-order chi connectivity index (χ0) is 13.8. The number of nitrogens with zero attached hydrogens (tertiary/aromatic N) is 1. The molecule has 1 saturated heterocycles. The maximum Gasteiger partial charge on any atom is 0.162 e. The maximum atomic E-state index is 10.0. The van der Waals surface area contributed by atoms with Gasteiger partial charge in [-0.15, -0.1) is 0 Å². The van der Waals surface area contributed by atoms with Crippen molar-refractivity contribution >= 4 is 11.6 Å². The van der Waals surface area contributed by atoms with E-state index < -0.39 is 0 Å². The van der Waals surface area contributed by atoms with Crippen LogP contribution in [-0.2, 0) is 6.54 Å². The van der Waals surface area contributed by atoms with Gasteiger partial charge in [0.05, 0.1) is 7.11 Å². The van der Waals surface area contributed by atoms with Gasteiger partial charge in [0.25, 0.3) is 0 Å². The SMILES string of the molecule is COc1cc(Cl)cc(CNCC2CCCN2C)c1O. The normalized spacial score (nSPS) is 19.8. The largest absolute Gasteiger partial charge is 0.504 e. The lowest BCUT2D eigenvalue weighted by atomic mass is 10.1. The summed E-state index contributed by atoms with van der Waals surface area (Å²) >= 11 is 6.00. The van der Waals surface area contributed by atoms with Crippen LogP contribution in [0, 0.1) is 0 Å². The summed E-state index contributed by atoms with van der Waals surface area (Å²) in [6, 6.07) is 3.97. The molecule has 1 aliphatic heterocycles. The molecule has 0 amide bonds. The Morgan fingerprint density at radius 3 is 2.95 bits per heavy atom. The van der Waals surface area contributed by atoms with Crippen LogP contribution in [0.3, 0.4) is 0 Å². The molecule has 1 atom stereocenters. The Kier molecular flexibility index (Phi) is 4.91. The summed E-state index contributed by atoms with van der Waals surface area (Å²) in [6.45, 7) is 2.68. The minimum Gasteiger partial charge on any atom is -0.504 e. The van der Waals surface area contributed by atoms with Gasteiger partial charge >= 0.3 is 0 Å². The van der Waals surface area contributed by atoms with Crippen molar-refractivity contribution in [2.24, 2.45) is 0 Å². The standard InChI is InChI=1S/C14H21ClN2O2/c1-17-5-3-4-12(17)9-16-8-10-6-11(15)7-13(19-2)14(10)18/h6-7,12,16,18H,3-5,8-9H2,1-2H3. The highest BCUT2D eigenvalue weighted by molar-refractivity contribution is 6.30. The number of hydrogen-bond acceptors (Lipinski definition) is 4. The van der Waals surface area contributed by atoms with Crippen LogP contribution in [-0.4, -0.2) is 43.3 Å². The van der Waals surface area contributed by atoms with E-state index in [0.717, 1.165) is 12.1 Å². The van der Waals surface area contributed by atoms with Gasteiger partial charge < -0.3 is 20.1 Å². The number of phenols is 1. The van der Waals surface area contributed by atoms with Crippen molar-refractivity contribution in [3.63, 3.8) is 0 Å². The lowest BCUT2D eigenvalue weighted by Gasteiger charge is -2.20. The molecule has 0 aliphatic carbocycles. The number of phenolic OH excluding ortho intramolecular Hbond substituents is 1. The Morgan fingerprint density at radius 1 is 1.53 bits per heavy atom. The van der Waals surface area contributed by atoms with Crippen molar-refractivity contribution in [2.45, 2.75) is 25.4 Å². The molecule has 5 heteroatoms. The first kappa shape index (κ1) is 14.4. The van der Waals surface area contributed by atoms with Gasteiger partial charge in [-0.3, -0.25) is 0 Å². The summed E-state index contributed by atoms with van der Waals surface area (Å²) < 4.78 is 5.09. The minimum absolute atomic E-state index is 0.166. The first-order valence-electron chi connectivity index (χ1n) is 6.58. The average Bonchev–Trinajstić information content (AvgIpc) is 2.79. The van der Waals surface area contributed by atoms with Crippen molar-refractivity contribution in [2.75, 3.05) is 27.2 Å². The van der Waals surface area contributed by atoms with E-state index in [0.29, 0.717) is 23.4 Å². The predicted molar refractivity (Wildman–Crippen MR) is 77.0 cm³/mol. The smallest absolute Gasteiger partial charge is 0.162 e. The number of nitrogens with one attached hydrogen (secondary N) is 1. The predicted octanol–water partition coefficient (Wildman–Crippen LogP) is 2.24. The van der Waals surface area contributed by atoms with Gasteiger partial charge in [-0.25, -0.2) is 0 Å². The van der Waals surface area contributed by atoms with Gasteiger partial charge in [-0.2, -0.15) is 0 Å². The fourth-order valence-corrected chi connectivity index (χ4v) is 2.76. The zero-order valence-electron chi connectivity index (χ0n) is 11.4. The fraction of sp³-hybridized carbons (Fsp3) is 0.571. The Labute approximate surface area is 119 Å². The van der Waals surface area contributed by atoms with E-state index in [1.54, 1.807) is 12.1 Å². The highest BCUT2D eigenvalue weighted by Crippen LogP contribution is 2.33. The van der Waals surface area contributed by atoms with Crippen molar-refractivity contribution < 1.29 is 9.84 Å². The topological polar surface area (TPSA) is 44.7 Å². The van der Waals surface area contributed by atoms with E-state index in [-0.39, 0.29) is 5.75 Å². The van der Waals surface area contributed by atoms with Crippen LogP contribution in [0.15, 0.2) is 12.1 Å². The number of ether oxygens (including phenoxy) is 1. The van der Waals surface area contributed by atoms with Crippen LogP contribution in [0.4, 0.5) is 0 Å². The Morgan fingerprint density at radius 2 is 2.32 bits per heavy atom. The van der Waals surface area contributed by atoms with Gasteiger partial charge in [0, 0.05) is 35.8 Å². The maximum absolute atomic E-state index is 10.0. The molecule has 2 rings (SSSR count). The van der Waals surface area contributed by atoms with Crippen LogP contribution in [0.25, 0.3) is 0 Å². The second-order valence-electron chi connectivity index (χ2n) is 5.02. The van der Waals surface area contributed by atoms with E-state index in [1.165, 1.54) is 26.5 Å². The zero-order valence-corrected chi connectivity index (χ0v) is 12.2. The number of halogens is 1. The number of methoxy groups -OCH3 is 1. The third kappa shape index (κ3) is 3.53. The molecule has 0 saturated carbocycles. The molecular formula is C14H21ClN2O2. The van der Waals surface area contributed by atoms with E-state index in [2.05, 4.69) is 17.3 Å². The van der Waals surface area contributed by atoms with E-state index in [4.69, 9.17) is 16.3 Å². The third-order valence-electron chi connectivity index (χ3n) is 3.71. The second-order valence-corrected chi connectivity index (χ2v) is 5.46. The summed E-state index contributed by atoms with van der Waals surface area (Å²) in [6.07, 6.45) is 2.49. The summed E-state index contributed by atoms with van der Waals surface area (Å²) in [4.78, 5) is 2.37. The minimum atomic E-state index is 0.166. The highest BCUT2D eigenvalue weighted by Gasteiger charge is 2.20. The highest BCUT2D eigenvalue weighted by atomic mass is 35.5. The first-order valence-corrected chi connectivity index (χ1v) is 6.96. The van der Waals surface area contributed by atoms with E-state index in [9.17, 15) is 5.11 Å². The van der Waals surface area contributed by atoms with E-state index >= 15 is 0 Å². The van der Waals surface area contributed by atoms with Crippen molar-refractivity contribution in [3.8, 4) is 11.5 Å². The molecule has 19 heavy (non-hydrogen) atoms. The molecule has 0 aromatic heterocycles. The lowest BCUT2D eigenvalue weighted by molar-refractivity contribution is 0.299. The number of hydrogen-bond donors (Lipinski definition) is 2. The van der Waals surface area contributed by atoms with Crippen LogP contribution in [0.2, 0.25) is 5.02 Å². The summed E-state index contributed by atoms with van der Waals surface area (Å²) in [7, 11) is 3.68. The molecule has 0 radical (unpaired) electrons. The molecule has 0 bridgehead atoms. The molecular weight excluding hydrogens is 264 g/mol. The summed E-state index contributed by atoms with van der Waals surface area (Å²) in [5.74, 6) is 0.585. The van der Waals surface area contributed by atoms with Gasteiger partial charge in [0.2, 0.25) is 0 Å². The molecule has 4 nitrogen and oxygen atoms in total. The Balaban J connectivity index is 1.94. The number of benzene rings is 1. The monoisotopic (exact) mass is 284 g/mol. The molecule has 1 aromatic carbocycles. The molecule has 0 spiro atoms. The molecule has 1 fully saturated rings. The third-order valence-corrected chi connectivity index (χ3v) is 3.92. The molecule has 1 heterocycles. The first-order chi connectivity index (χ1) is 9.11. The summed E-state index contributed by atoms with van der Waals surface area (Å²) in [5, 5.41) is 14.0. The quantitative estimate of drug-likeness (QED) is 0.870. The molecule has 2 N–H and O–H groups in total. The Bertz CT molecular complexity index is 440. The second kappa shape index (κ2) is 6.46. The van der Waals surface area contributed by atoms with Crippen LogP contribution in [0.5, 0.6) is 11.5 Å². The number of rotatable bonds is 5. The van der Waals surface area contributed by atoms with Gasteiger partial charge in [-0.1, -0.05) is 11.6 Å². The molecule has 1 aliphatic rings. The fourth-order valence-electron chi connectivity index (χ4n) is 2.53. The Hall–Kier alpha value is -0.970. The lowest BCUT2D eigenvalue weighted by Crippen LogP contribution is -2.35. The molecule has 1 unspecified atom stereocenters. The number of likely N-dealkylation sites (N-methyl/N-ethyl adjacent to an activating group) is 1. The van der Waals surface area contributed by atoms with Crippen LogP contribution in [0.1, 0.15) is 18.4 Å². The van der Waals surface area contributed by atoms with Crippen LogP contribution < -0.4 is 10.1 Å². The van der Waals surface area contributed by atoms with Crippen molar-refractivity contribution in [1.82, 2.24) is 10.2 Å². The number of aromatic hydroxyl groups is 1. The van der Waals surface area contributed by atoms with Crippen molar-refractivity contribution in [1.29, 1.82) is 0 Å². The number of likely N-dealkylation sites (tertiary alicyclic amines) is 1. The van der Waals surface area contributed by atoms with Gasteiger partial charge in [0.1, 0.15) is 0 Å². The molecule has 106 valence electrons.